The molecule has 0 aliphatic heterocycles. The lowest BCUT2D eigenvalue weighted by Gasteiger charge is -2.34. The van der Waals surface area contributed by atoms with Gasteiger partial charge in [0.1, 0.15) is 0 Å². The number of hydrogen-bond acceptors (Lipinski definition) is 2. The van der Waals surface area contributed by atoms with Crippen LogP contribution >= 0.6 is 0 Å². The lowest BCUT2D eigenvalue weighted by molar-refractivity contribution is 0.131. The smallest absolute Gasteiger partial charge is 0.0643 e. The van der Waals surface area contributed by atoms with E-state index in [1.807, 2.05) is 0 Å². The predicted molar refractivity (Wildman–Crippen MR) is 82.5 cm³/mol. The number of oxime groups is 1. The summed E-state index contributed by atoms with van der Waals surface area (Å²) in [6.45, 7) is 18.4. The minimum atomic E-state index is 0.435. The van der Waals surface area contributed by atoms with E-state index < -0.39 is 0 Å². The molecule has 0 aromatic carbocycles. The molecule has 1 fully saturated rings. The third-order valence-corrected chi connectivity index (χ3v) is 5.05. The first-order chi connectivity index (χ1) is 8.73. The van der Waals surface area contributed by atoms with Crippen LogP contribution in [0.1, 0.15) is 55.4 Å². The average Bonchev–Trinajstić information content (AvgIpc) is 2.63. The highest BCUT2D eigenvalue weighted by molar-refractivity contribution is 5.91. The Bertz CT molecular complexity index is 289. The van der Waals surface area contributed by atoms with E-state index in [2.05, 4.69) is 60.5 Å². The second-order valence-electron chi connectivity index (χ2n) is 7.71. The van der Waals surface area contributed by atoms with Gasteiger partial charge in [-0.2, -0.15) is 0 Å². The van der Waals surface area contributed by atoms with Gasteiger partial charge in [-0.1, -0.05) is 60.5 Å². The Balaban J connectivity index is 3.32. The Kier molecular flexibility index (Phi) is 5.46. The van der Waals surface area contributed by atoms with Gasteiger partial charge in [0.25, 0.3) is 0 Å². The Hall–Kier alpha value is -0.530. The molecular formula is C17H33NO. The number of hydrogen-bond donors (Lipinski definition) is 1. The predicted octanol–water partition coefficient (Wildman–Crippen LogP) is 4.92. The highest BCUT2D eigenvalue weighted by atomic mass is 16.4. The van der Waals surface area contributed by atoms with Crippen molar-refractivity contribution in [2.24, 2.45) is 52.5 Å². The molecule has 1 saturated carbocycles. The van der Waals surface area contributed by atoms with Crippen LogP contribution in [0.15, 0.2) is 5.16 Å². The first-order valence-electron chi connectivity index (χ1n) is 7.95. The van der Waals surface area contributed by atoms with E-state index in [4.69, 9.17) is 0 Å². The molecule has 0 radical (unpaired) electrons. The lowest BCUT2D eigenvalue weighted by Crippen LogP contribution is -2.29. The zero-order valence-electron chi connectivity index (χ0n) is 14.0. The lowest BCUT2D eigenvalue weighted by atomic mass is 9.70. The fourth-order valence-electron chi connectivity index (χ4n) is 4.52. The summed E-state index contributed by atoms with van der Waals surface area (Å²) >= 11 is 0. The maximum atomic E-state index is 9.59. The molecule has 0 aromatic heterocycles. The zero-order valence-corrected chi connectivity index (χ0v) is 14.0. The number of nitrogens with zero attached hydrogens (tertiary/aromatic N) is 1. The van der Waals surface area contributed by atoms with Crippen molar-refractivity contribution < 1.29 is 5.21 Å². The van der Waals surface area contributed by atoms with Crippen LogP contribution in [-0.4, -0.2) is 10.9 Å². The molecule has 4 unspecified atom stereocenters. The van der Waals surface area contributed by atoms with Gasteiger partial charge in [0.05, 0.1) is 5.71 Å². The molecule has 0 heterocycles. The maximum absolute atomic E-state index is 9.59. The molecule has 1 rings (SSSR count). The van der Waals surface area contributed by atoms with E-state index in [0.29, 0.717) is 47.3 Å². The third-order valence-electron chi connectivity index (χ3n) is 5.05. The van der Waals surface area contributed by atoms with Gasteiger partial charge in [0.2, 0.25) is 0 Å². The maximum Gasteiger partial charge on any atom is 0.0643 e. The minimum absolute atomic E-state index is 0.435. The first kappa shape index (κ1) is 16.5. The van der Waals surface area contributed by atoms with Crippen molar-refractivity contribution in [3.05, 3.63) is 0 Å². The van der Waals surface area contributed by atoms with E-state index >= 15 is 0 Å². The molecule has 2 heteroatoms. The van der Waals surface area contributed by atoms with Crippen LogP contribution in [0.4, 0.5) is 0 Å². The standard InChI is InChI=1S/C17H33NO/c1-9(2)13-14(10(3)4)16(12(7)8)17(18-19)15(13)11(5)6/h9-16,19H,1-8H3. The van der Waals surface area contributed by atoms with Gasteiger partial charge < -0.3 is 5.21 Å². The van der Waals surface area contributed by atoms with Crippen LogP contribution in [0, 0.1) is 47.3 Å². The van der Waals surface area contributed by atoms with Gasteiger partial charge in [-0.05, 0) is 35.5 Å². The summed E-state index contributed by atoms with van der Waals surface area (Å²) in [6.07, 6.45) is 0. The first-order valence-corrected chi connectivity index (χ1v) is 7.95. The zero-order chi connectivity index (χ0) is 14.9. The van der Waals surface area contributed by atoms with E-state index in [9.17, 15) is 5.21 Å². The highest BCUT2D eigenvalue weighted by Crippen LogP contribution is 2.51. The van der Waals surface area contributed by atoms with E-state index in [1.165, 1.54) is 0 Å². The van der Waals surface area contributed by atoms with Crippen LogP contribution in [0.3, 0.4) is 0 Å². The van der Waals surface area contributed by atoms with Gasteiger partial charge in [-0.15, -0.1) is 0 Å². The molecule has 0 amide bonds. The van der Waals surface area contributed by atoms with Gasteiger partial charge >= 0.3 is 0 Å². The Morgan fingerprint density at radius 2 is 1.00 bits per heavy atom. The molecule has 1 N–H and O–H groups in total. The van der Waals surface area contributed by atoms with Crippen molar-refractivity contribution in [3.8, 4) is 0 Å². The van der Waals surface area contributed by atoms with Gasteiger partial charge in [-0.25, -0.2) is 0 Å². The summed E-state index contributed by atoms with van der Waals surface area (Å²) in [7, 11) is 0. The third kappa shape index (κ3) is 2.98. The molecule has 1 aliphatic carbocycles. The Labute approximate surface area is 119 Å². The SMILES string of the molecule is CC(C)C1C(=NO)C(C(C)C)C(C(C)C)C1C(C)C. The molecule has 0 spiro atoms. The Morgan fingerprint density at radius 1 is 0.684 bits per heavy atom. The molecule has 0 aromatic rings. The van der Waals surface area contributed by atoms with Crippen molar-refractivity contribution >= 4 is 5.71 Å². The Morgan fingerprint density at radius 3 is 1.16 bits per heavy atom. The fraction of sp³-hybridized carbons (Fsp3) is 0.941. The van der Waals surface area contributed by atoms with Crippen LogP contribution in [-0.2, 0) is 0 Å². The molecule has 19 heavy (non-hydrogen) atoms. The summed E-state index contributed by atoms with van der Waals surface area (Å²) in [6, 6.07) is 0. The highest BCUT2D eigenvalue weighted by Gasteiger charge is 2.52. The van der Waals surface area contributed by atoms with Gasteiger partial charge in [0.15, 0.2) is 0 Å². The van der Waals surface area contributed by atoms with Crippen molar-refractivity contribution in [1.82, 2.24) is 0 Å². The van der Waals surface area contributed by atoms with Crippen LogP contribution in [0.25, 0.3) is 0 Å². The monoisotopic (exact) mass is 267 g/mol. The largest absolute Gasteiger partial charge is 0.411 e. The van der Waals surface area contributed by atoms with Crippen molar-refractivity contribution in [3.63, 3.8) is 0 Å². The second-order valence-corrected chi connectivity index (χ2v) is 7.71. The van der Waals surface area contributed by atoms with Crippen LogP contribution < -0.4 is 0 Å². The average molecular weight is 267 g/mol. The molecule has 0 saturated heterocycles. The van der Waals surface area contributed by atoms with Crippen LogP contribution in [0.5, 0.6) is 0 Å². The van der Waals surface area contributed by atoms with Gasteiger partial charge in [-0.3, -0.25) is 0 Å². The van der Waals surface area contributed by atoms with E-state index in [0.717, 1.165) is 5.71 Å². The van der Waals surface area contributed by atoms with Crippen molar-refractivity contribution in [2.45, 2.75) is 55.4 Å². The number of rotatable bonds is 4. The second kappa shape index (κ2) is 6.28. The summed E-state index contributed by atoms with van der Waals surface area (Å²) in [5.74, 6) is 4.51. The van der Waals surface area contributed by atoms with Crippen molar-refractivity contribution in [2.75, 3.05) is 0 Å². The van der Waals surface area contributed by atoms with Crippen LogP contribution in [0.2, 0.25) is 0 Å². The van der Waals surface area contributed by atoms with E-state index in [1.54, 1.807) is 0 Å². The molecule has 2 nitrogen and oxygen atoms in total. The molecule has 0 bridgehead atoms. The fourth-order valence-corrected chi connectivity index (χ4v) is 4.52. The van der Waals surface area contributed by atoms with E-state index in [-0.39, 0.29) is 0 Å². The summed E-state index contributed by atoms with van der Waals surface area (Å²) in [5.41, 5.74) is 1.07. The minimum Gasteiger partial charge on any atom is -0.411 e. The summed E-state index contributed by atoms with van der Waals surface area (Å²) in [5, 5.41) is 13.4. The molecule has 112 valence electrons. The molecule has 4 atom stereocenters. The normalized spacial score (nSPS) is 32.1. The molecule has 1 aliphatic rings. The quantitative estimate of drug-likeness (QED) is 0.569. The molecular weight excluding hydrogens is 234 g/mol. The summed E-state index contributed by atoms with van der Waals surface area (Å²) < 4.78 is 0. The summed E-state index contributed by atoms with van der Waals surface area (Å²) in [4.78, 5) is 0. The van der Waals surface area contributed by atoms with Crippen molar-refractivity contribution in [1.29, 1.82) is 0 Å². The topological polar surface area (TPSA) is 32.6 Å². The van der Waals surface area contributed by atoms with Gasteiger partial charge in [0, 0.05) is 11.8 Å².